The number of hydrogen-bond donors (Lipinski definition) is 1. The molecule has 13 heavy (non-hydrogen) atoms. The van der Waals surface area contributed by atoms with Crippen LogP contribution < -0.4 is 5.32 Å². The van der Waals surface area contributed by atoms with Crippen molar-refractivity contribution in [3.05, 3.63) is 23.9 Å². The van der Waals surface area contributed by atoms with Crippen LogP contribution in [0.5, 0.6) is 0 Å². The van der Waals surface area contributed by atoms with Crippen LogP contribution in [0.2, 0.25) is 0 Å². The third-order valence-corrected chi connectivity index (χ3v) is 2.09. The summed E-state index contributed by atoms with van der Waals surface area (Å²) >= 11 is 0. The predicted molar refractivity (Wildman–Crippen MR) is 49.3 cm³/mol. The van der Waals surface area contributed by atoms with E-state index in [0.717, 1.165) is 0 Å². The first kappa shape index (κ1) is 9.53. The van der Waals surface area contributed by atoms with Crippen molar-refractivity contribution in [1.29, 1.82) is 5.26 Å². The fourth-order valence-electron chi connectivity index (χ4n) is 1.26. The van der Waals surface area contributed by atoms with Crippen LogP contribution in [0, 0.1) is 23.2 Å². The monoisotopic (exact) mass is 176 g/mol. The van der Waals surface area contributed by atoms with Gasteiger partial charge in [0.2, 0.25) is 5.91 Å². The van der Waals surface area contributed by atoms with Gasteiger partial charge in [0.15, 0.2) is 0 Å². The van der Waals surface area contributed by atoms with E-state index >= 15 is 0 Å². The number of nitrogens with one attached hydrogen (secondary N) is 1. The van der Waals surface area contributed by atoms with Gasteiger partial charge in [-0.2, -0.15) is 5.26 Å². The maximum Gasteiger partial charge on any atom is 0.231 e. The molecule has 1 rings (SSSR count). The molecule has 0 saturated carbocycles. The molecule has 0 aromatic rings. The Kier molecular flexibility index (Phi) is 2.52. The van der Waals surface area contributed by atoms with E-state index in [1.807, 2.05) is 19.9 Å². The number of rotatable bonds is 1. The van der Waals surface area contributed by atoms with Gasteiger partial charge in [0.25, 0.3) is 0 Å². The maximum atomic E-state index is 11.4. The van der Waals surface area contributed by atoms with Crippen molar-refractivity contribution in [1.82, 2.24) is 5.32 Å². The van der Waals surface area contributed by atoms with Crippen molar-refractivity contribution in [3.63, 3.8) is 0 Å². The molecule has 0 aromatic carbocycles. The molecule has 1 heterocycles. The van der Waals surface area contributed by atoms with Crippen molar-refractivity contribution in [2.24, 2.45) is 11.8 Å². The van der Waals surface area contributed by atoms with Gasteiger partial charge >= 0.3 is 0 Å². The van der Waals surface area contributed by atoms with Gasteiger partial charge in [0, 0.05) is 0 Å². The molecule has 68 valence electrons. The average molecular weight is 176 g/mol. The van der Waals surface area contributed by atoms with Gasteiger partial charge in [-0.05, 0) is 5.92 Å². The largest absolute Gasteiger partial charge is 0.325 e. The van der Waals surface area contributed by atoms with Gasteiger partial charge in [-0.15, -0.1) is 0 Å². The van der Waals surface area contributed by atoms with Gasteiger partial charge in [0.05, 0.1) is 17.2 Å². The molecule has 0 fully saturated rings. The van der Waals surface area contributed by atoms with Crippen molar-refractivity contribution in [3.8, 4) is 6.07 Å². The minimum absolute atomic E-state index is 0.0704. The first-order valence-electron chi connectivity index (χ1n) is 4.18. The molecule has 1 atom stereocenters. The highest BCUT2D eigenvalue weighted by Gasteiger charge is 2.26. The Balaban J connectivity index is 3.01. The second kappa shape index (κ2) is 3.44. The van der Waals surface area contributed by atoms with Crippen LogP contribution in [0.25, 0.3) is 0 Å². The van der Waals surface area contributed by atoms with Gasteiger partial charge in [-0.3, -0.25) is 4.79 Å². The Morgan fingerprint density at radius 1 is 1.69 bits per heavy atom. The number of nitrogens with zero attached hydrogens (tertiary/aromatic N) is 1. The smallest absolute Gasteiger partial charge is 0.231 e. The fraction of sp³-hybridized carbons (Fsp3) is 0.400. The number of allylic oxidation sites excluding steroid dienone is 1. The minimum Gasteiger partial charge on any atom is -0.325 e. The number of carbonyl (C=O) groups is 1. The van der Waals surface area contributed by atoms with Crippen LogP contribution in [0.15, 0.2) is 23.9 Å². The number of carbonyl (C=O) groups excluding carboxylic acids is 1. The molecule has 1 N–H and O–H groups in total. The van der Waals surface area contributed by atoms with Crippen LogP contribution >= 0.6 is 0 Å². The van der Waals surface area contributed by atoms with E-state index in [-0.39, 0.29) is 17.7 Å². The second-order valence-corrected chi connectivity index (χ2v) is 3.43. The molecule has 3 heteroatoms. The molecule has 1 amide bonds. The molecule has 0 spiro atoms. The van der Waals surface area contributed by atoms with E-state index in [0.29, 0.717) is 11.3 Å². The van der Waals surface area contributed by atoms with Gasteiger partial charge in [-0.25, -0.2) is 0 Å². The van der Waals surface area contributed by atoms with Gasteiger partial charge < -0.3 is 5.32 Å². The van der Waals surface area contributed by atoms with Crippen molar-refractivity contribution >= 4 is 5.91 Å². The molecule has 0 bridgehead atoms. The third kappa shape index (κ3) is 1.78. The summed E-state index contributed by atoms with van der Waals surface area (Å²) in [5, 5.41) is 11.3. The highest BCUT2D eigenvalue weighted by Crippen LogP contribution is 2.21. The average Bonchev–Trinajstić information content (AvgIpc) is 2.03. The lowest BCUT2D eigenvalue weighted by Crippen LogP contribution is -2.36. The van der Waals surface area contributed by atoms with E-state index in [4.69, 9.17) is 5.26 Å². The summed E-state index contributed by atoms with van der Waals surface area (Å²) in [6.07, 6.45) is 1.69. The number of hydrogen-bond acceptors (Lipinski definition) is 2. The summed E-state index contributed by atoms with van der Waals surface area (Å²) in [5.74, 6) is -0.0735. The highest BCUT2D eigenvalue weighted by molar-refractivity contribution is 5.85. The van der Waals surface area contributed by atoms with Gasteiger partial charge in [-0.1, -0.05) is 26.5 Å². The lowest BCUT2D eigenvalue weighted by atomic mass is 9.89. The van der Waals surface area contributed by atoms with Crippen LogP contribution in [0.4, 0.5) is 0 Å². The zero-order chi connectivity index (χ0) is 10.0. The summed E-state index contributed by atoms with van der Waals surface area (Å²) in [5.41, 5.74) is 0.878. The molecular weight excluding hydrogens is 164 g/mol. The second-order valence-electron chi connectivity index (χ2n) is 3.43. The zero-order valence-electron chi connectivity index (χ0n) is 7.79. The summed E-state index contributed by atoms with van der Waals surface area (Å²) in [7, 11) is 0. The van der Waals surface area contributed by atoms with E-state index in [9.17, 15) is 4.79 Å². The number of amides is 1. The topological polar surface area (TPSA) is 52.9 Å². The summed E-state index contributed by atoms with van der Waals surface area (Å²) in [4.78, 5) is 11.4. The predicted octanol–water partition coefficient (Wildman–Crippen LogP) is 1.35. The lowest BCUT2D eigenvalue weighted by Gasteiger charge is -2.22. The normalized spacial score (nSPS) is 22.3. The van der Waals surface area contributed by atoms with Gasteiger partial charge in [0.1, 0.15) is 6.07 Å². The van der Waals surface area contributed by atoms with Crippen LogP contribution in [-0.4, -0.2) is 5.91 Å². The standard InChI is InChI=1S/C10H12N2O/c1-6(2)9-4-8(5-11)7(3)12-10(9)13/h4,6,9H,3H2,1-2H3,(H,12,13). The van der Waals surface area contributed by atoms with E-state index in [1.54, 1.807) is 6.08 Å². The van der Waals surface area contributed by atoms with Crippen LogP contribution in [-0.2, 0) is 4.79 Å². The Labute approximate surface area is 77.7 Å². The quantitative estimate of drug-likeness (QED) is 0.655. The molecule has 0 radical (unpaired) electrons. The minimum atomic E-state index is -0.208. The molecule has 3 nitrogen and oxygen atoms in total. The molecule has 1 aliphatic heterocycles. The van der Waals surface area contributed by atoms with Crippen LogP contribution in [0.3, 0.4) is 0 Å². The van der Waals surface area contributed by atoms with E-state index in [1.165, 1.54) is 0 Å². The lowest BCUT2D eigenvalue weighted by molar-refractivity contribution is -0.124. The zero-order valence-corrected chi connectivity index (χ0v) is 7.79. The maximum absolute atomic E-state index is 11.4. The molecule has 0 saturated heterocycles. The Hall–Kier alpha value is -1.56. The molecule has 1 aliphatic rings. The summed E-state index contributed by atoms with van der Waals surface area (Å²) < 4.78 is 0. The first-order chi connectivity index (χ1) is 6.06. The Morgan fingerprint density at radius 3 is 2.77 bits per heavy atom. The van der Waals surface area contributed by atoms with Crippen molar-refractivity contribution in [2.75, 3.05) is 0 Å². The Morgan fingerprint density at radius 2 is 2.31 bits per heavy atom. The SMILES string of the molecule is C=C1NC(=O)C(C(C)C)C=C1C#N. The molecule has 0 aliphatic carbocycles. The molecule has 1 unspecified atom stereocenters. The molecule has 0 aromatic heterocycles. The van der Waals surface area contributed by atoms with Crippen molar-refractivity contribution < 1.29 is 4.79 Å². The van der Waals surface area contributed by atoms with Crippen LogP contribution in [0.1, 0.15) is 13.8 Å². The third-order valence-electron chi connectivity index (χ3n) is 2.09. The number of nitriles is 1. The van der Waals surface area contributed by atoms with E-state index < -0.39 is 0 Å². The van der Waals surface area contributed by atoms with E-state index in [2.05, 4.69) is 11.9 Å². The fourth-order valence-corrected chi connectivity index (χ4v) is 1.26. The highest BCUT2D eigenvalue weighted by atomic mass is 16.1. The van der Waals surface area contributed by atoms with Crippen molar-refractivity contribution in [2.45, 2.75) is 13.8 Å². The summed E-state index contributed by atoms with van der Waals surface area (Å²) in [6, 6.07) is 2.01. The molecular formula is C10H12N2O. The Bertz CT molecular complexity index is 320. The summed E-state index contributed by atoms with van der Waals surface area (Å²) in [6.45, 7) is 7.48. The first-order valence-corrected chi connectivity index (χ1v) is 4.18.